The maximum atomic E-state index is 12.2. The van der Waals surface area contributed by atoms with E-state index in [2.05, 4.69) is 27.4 Å². The van der Waals surface area contributed by atoms with E-state index in [4.69, 9.17) is 0 Å². The number of carbonyl (C=O) groups excluding carboxylic acids is 1. The average Bonchev–Trinajstić information content (AvgIpc) is 2.84. The van der Waals surface area contributed by atoms with Crippen LogP contribution in [0, 0.1) is 11.8 Å². The first-order valence-electron chi connectivity index (χ1n) is 7.50. The smallest absolute Gasteiger partial charge is 0.343 e. The Bertz CT molecular complexity index is 847. The van der Waals surface area contributed by atoms with Crippen LogP contribution >= 0.6 is 0 Å². The standard InChI is InChI=1S/C17H20N4O3/c1-17(2,24)9-7-12-5-4-6-13(11-12)15(22)18-10-8-14-19-20-16(23)21(14)3/h4-6,11,24H,8,10H2,1-3H3,(H,18,22)(H,20,23). The number of hydrogen-bond acceptors (Lipinski definition) is 4. The molecule has 126 valence electrons. The molecule has 1 aromatic heterocycles. The molecule has 1 aromatic carbocycles. The van der Waals surface area contributed by atoms with Gasteiger partial charge in [-0.2, -0.15) is 5.10 Å². The molecule has 0 bridgehead atoms. The molecular formula is C17H20N4O3. The minimum Gasteiger partial charge on any atom is -0.378 e. The van der Waals surface area contributed by atoms with Gasteiger partial charge in [0, 0.05) is 31.1 Å². The molecule has 0 fully saturated rings. The van der Waals surface area contributed by atoms with Gasteiger partial charge in [0.05, 0.1) is 0 Å². The van der Waals surface area contributed by atoms with Crippen LogP contribution in [0.15, 0.2) is 29.1 Å². The molecule has 7 heteroatoms. The summed E-state index contributed by atoms with van der Waals surface area (Å²) in [4.78, 5) is 23.4. The lowest BCUT2D eigenvalue weighted by Crippen LogP contribution is -2.27. The summed E-state index contributed by atoms with van der Waals surface area (Å²) in [5.74, 6) is 5.89. The van der Waals surface area contributed by atoms with E-state index in [1.807, 2.05) is 0 Å². The van der Waals surface area contributed by atoms with Gasteiger partial charge in [-0.3, -0.25) is 9.36 Å². The van der Waals surface area contributed by atoms with Crippen LogP contribution in [0.25, 0.3) is 0 Å². The first-order valence-corrected chi connectivity index (χ1v) is 7.50. The highest BCUT2D eigenvalue weighted by Gasteiger charge is 2.09. The molecule has 2 rings (SSSR count). The number of benzene rings is 1. The van der Waals surface area contributed by atoms with Crippen molar-refractivity contribution in [1.82, 2.24) is 20.1 Å². The highest BCUT2D eigenvalue weighted by molar-refractivity contribution is 5.94. The minimum absolute atomic E-state index is 0.234. The van der Waals surface area contributed by atoms with Gasteiger partial charge in [0.2, 0.25) is 0 Å². The number of aliphatic hydroxyl groups is 1. The highest BCUT2D eigenvalue weighted by Crippen LogP contribution is 2.05. The van der Waals surface area contributed by atoms with Crippen molar-refractivity contribution in [1.29, 1.82) is 0 Å². The fourth-order valence-electron chi connectivity index (χ4n) is 1.96. The quantitative estimate of drug-likeness (QED) is 0.698. The molecule has 1 amide bonds. The summed E-state index contributed by atoms with van der Waals surface area (Å²) in [6.07, 6.45) is 0.444. The number of H-pyrrole nitrogens is 1. The molecule has 2 aromatic rings. The second-order valence-electron chi connectivity index (χ2n) is 5.90. The van der Waals surface area contributed by atoms with E-state index in [0.717, 1.165) is 0 Å². The van der Waals surface area contributed by atoms with Crippen molar-refractivity contribution in [3.63, 3.8) is 0 Å². The van der Waals surface area contributed by atoms with Crippen LogP contribution in [-0.2, 0) is 13.5 Å². The Balaban J connectivity index is 1.98. The molecule has 0 unspecified atom stereocenters. The van der Waals surface area contributed by atoms with Gasteiger partial charge in [-0.1, -0.05) is 17.9 Å². The fraction of sp³-hybridized carbons (Fsp3) is 0.353. The van der Waals surface area contributed by atoms with Crippen LogP contribution in [0.1, 0.15) is 35.6 Å². The number of aromatic amines is 1. The van der Waals surface area contributed by atoms with Gasteiger partial charge in [-0.05, 0) is 32.0 Å². The third kappa shape index (κ3) is 4.83. The summed E-state index contributed by atoms with van der Waals surface area (Å²) < 4.78 is 1.40. The van der Waals surface area contributed by atoms with E-state index < -0.39 is 5.60 Å². The molecule has 0 radical (unpaired) electrons. The Labute approximate surface area is 139 Å². The van der Waals surface area contributed by atoms with Crippen molar-refractivity contribution in [2.75, 3.05) is 6.54 Å². The van der Waals surface area contributed by atoms with Crippen molar-refractivity contribution >= 4 is 5.91 Å². The van der Waals surface area contributed by atoms with E-state index in [1.165, 1.54) is 4.57 Å². The van der Waals surface area contributed by atoms with Crippen LogP contribution < -0.4 is 11.0 Å². The number of aromatic nitrogens is 3. The third-order valence-electron chi connectivity index (χ3n) is 3.24. The number of rotatable bonds is 4. The molecule has 7 nitrogen and oxygen atoms in total. The van der Waals surface area contributed by atoms with Gasteiger partial charge >= 0.3 is 5.69 Å². The maximum Gasteiger partial charge on any atom is 0.343 e. The van der Waals surface area contributed by atoms with E-state index in [1.54, 1.807) is 45.2 Å². The van der Waals surface area contributed by atoms with Crippen molar-refractivity contribution in [3.8, 4) is 11.8 Å². The molecule has 0 aliphatic heterocycles. The molecule has 3 N–H and O–H groups in total. The molecule has 24 heavy (non-hydrogen) atoms. The maximum absolute atomic E-state index is 12.2. The number of hydrogen-bond donors (Lipinski definition) is 3. The van der Waals surface area contributed by atoms with Crippen LogP contribution in [0.2, 0.25) is 0 Å². The van der Waals surface area contributed by atoms with Gasteiger partial charge in [-0.15, -0.1) is 0 Å². The zero-order chi connectivity index (χ0) is 17.7. The van der Waals surface area contributed by atoms with Crippen molar-refractivity contribution in [2.24, 2.45) is 7.05 Å². The molecule has 0 aliphatic carbocycles. The monoisotopic (exact) mass is 328 g/mol. The average molecular weight is 328 g/mol. The van der Waals surface area contributed by atoms with E-state index >= 15 is 0 Å². The Kier molecular flexibility index (Phi) is 5.21. The molecule has 0 saturated heterocycles. The van der Waals surface area contributed by atoms with E-state index in [9.17, 15) is 14.7 Å². The highest BCUT2D eigenvalue weighted by atomic mass is 16.3. The fourth-order valence-corrected chi connectivity index (χ4v) is 1.96. The van der Waals surface area contributed by atoms with Gasteiger partial charge in [0.25, 0.3) is 5.91 Å². The molecular weight excluding hydrogens is 308 g/mol. The lowest BCUT2D eigenvalue weighted by molar-refractivity contribution is 0.0954. The van der Waals surface area contributed by atoms with Gasteiger partial charge in [-0.25, -0.2) is 9.89 Å². The molecule has 0 atom stereocenters. The second kappa shape index (κ2) is 7.15. The largest absolute Gasteiger partial charge is 0.378 e. The van der Waals surface area contributed by atoms with Crippen LogP contribution in [-0.4, -0.2) is 37.9 Å². The molecule has 0 saturated carbocycles. The summed E-state index contributed by atoms with van der Waals surface area (Å²) >= 11 is 0. The first kappa shape index (κ1) is 17.5. The summed E-state index contributed by atoms with van der Waals surface area (Å²) in [5, 5.41) is 18.6. The topological polar surface area (TPSA) is 100 Å². The summed E-state index contributed by atoms with van der Waals surface area (Å²) in [5.41, 5.74) is -0.236. The molecule has 0 spiro atoms. The summed E-state index contributed by atoms with van der Waals surface area (Å²) in [6, 6.07) is 6.86. The van der Waals surface area contributed by atoms with Crippen molar-refractivity contribution in [2.45, 2.75) is 25.9 Å². The zero-order valence-electron chi connectivity index (χ0n) is 13.9. The Morgan fingerprint density at radius 2 is 2.21 bits per heavy atom. The number of amides is 1. The van der Waals surface area contributed by atoms with Crippen LogP contribution in [0.4, 0.5) is 0 Å². The van der Waals surface area contributed by atoms with Crippen LogP contribution in [0.5, 0.6) is 0 Å². The second-order valence-corrected chi connectivity index (χ2v) is 5.90. The predicted molar refractivity (Wildman–Crippen MR) is 89.5 cm³/mol. The van der Waals surface area contributed by atoms with Crippen molar-refractivity contribution < 1.29 is 9.90 Å². The lowest BCUT2D eigenvalue weighted by atomic mass is 10.1. The van der Waals surface area contributed by atoms with Crippen molar-refractivity contribution in [3.05, 3.63) is 51.7 Å². The normalized spacial score (nSPS) is 10.8. The Morgan fingerprint density at radius 1 is 1.46 bits per heavy atom. The Hall–Kier alpha value is -2.85. The number of nitrogens with one attached hydrogen (secondary N) is 2. The molecule has 0 aliphatic rings. The van der Waals surface area contributed by atoms with Crippen LogP contribution in [0.3, 0.4) is 0 Å². The van der Waals surface area contributed by atoms with Gasteiger partial charge in [0.15, 0.2) is 0 Å². The third-order valence-corrected chi connectivity index (χ3v) is 3.24. The number of carbonyl (C=O) groups is 1. The van der Waals surface area contributed by atoms with E-state index in [-0.39, 0.29) is 11.6 Å². The van der Waals surface area contributed by atoms with Gasteiger partial charge < -0.3 is 10.4 Å². The summed E-state index contributed by atoms with van der Waals surface area (Å²) in [7, 11) is 1.62. The number of nitrogens with zero attached hydrogens (tertiary/aromatic N) is 2. The zero-order valence-corrected chi connectivity index (χ0v) is 13.9. The first-order chi connectivity index (χ1) is 11.3. The predicted octanol–water partition coefficient (Wildman–Crippen LogP) is 0.203. The summed E-state index contributed by atoms with van der Waals surface area (Å²) in [6.45, 7) is 3.55. The molecule has 1 heterocycles. The van der Waals surface area contributed by atoms with E-state index in [0.29, 0.717) is 29.9 Å². The van der Waals surface area contributed by atoms with Gasteiger partial charge in [0.1, 0.15) is 11.4 Å². The SMILES string of the molecule is Cn1c(CCNC(=O)c2cccc(C#CC(C)(C)O)c2)n[nH]c1=O. The lowest BCUT2D eigenvalue weighted by Gasteiger charge is -2.07. The Morgan fingerprint density at radius 3 is 2.83 bits per heavy atom. The minimum atomic E-state index is -1.09.